The molecule has 0 unspecified atom stereocenters. The molecule has 2 radical (unpaired) electrons. The van der Waals surface area contributed by atoms with E-state index in [2.05, 4.69) is 0 Å². The maximum Gasteiger partial charge on any atom is 0.163 e. The van der Waals surface area contributed by atoms with Crippen LogP contribution in [0.2, 0.25) is 6.32 Å². The van der Waals surface area contributed by atoms with Gasteiger partial charge in [0.2, 0.25) is 0 Å². The van der Waals surface area contributed by atoms with Crippen LogP contribution in [0, 0.1) is 0 Å². The number of rotatable bonds is 1. The van der Waals surface area contributed by atoms with E-state index in [0.717, 1.165) is 0 Å². The molecule has 0 N–H and O–H groups in total. The topological polar surface area (TPSA) is 18.5 Å². The zero-order valence-corrected chi connectivity index (χ0v) is 5.89. The largest absolute Gasteiger partial charge is 0.348 e. The van der Waals surface area contributed by atoms with Crippen molar-refractivity contribution < 1.29 is 9.47 Å². The van der Waals surface area contributed by atoms with Gasteiger partial charge in [0.15, 0.2) is 5.79 Å². The van der Waals surface area contributed by atoms with Crippen molar-refractivity contribution in [2.75, 3.05) is 6.61 Å². The first kappa shape index (κ1) is 7.10. The molecule has 0 bridgehead atoms. The van der Waals surface area contributed by atoms with Gasteiger partial charge in [0.05, 0.1) is 20.6 Å². The highest BCUT2D eigenvalue weighted by Crippen LogP contribution is 2.23. The lowest BCUT2D eigenvalue weighted by molar-refractivity contribution is -0.136. The number of hydrogen-bond acceptors (Lipinski definition) is 2. The summed E-state index contributed by atoms with van der Waals surface area (Å²) in [6.07, 6.45) is 0.642. The smallest absolute Gasteiger partial charge is 0.163 e. The molecule has 9 heavy (non-hydrogen) atoms. The molecule has 1 saturated heterocycles. The molecule has 1 fully saturated rings. The summed E-state index contributed by atoms with van der Waals surface area (Å²) in [6.45, 7) is 4.41. The second-order valence-corrected chi connectivity index (χ2v) is 2.69. The van der Waals surface area contributed by atoms with Crippen molar-refractivity contribution in [3.05, 3.63) is 0 Å². The third kappa shape index (κ3) is 1.70. The van der Waals surface area contributed by atoms with Crippen LogP contribution in [0.3, 0.4) is 0 Å². The molecule has 1 aliphatic rings. The summed E-state index contributed by atoms with van der Waals surface area (Å²) >= 11 is 0. The highest BCUT2D eigenvalue weighted by atomic mass is 16.7. The van der Waals surface area contributed by atoms with Gasteiger partial charge in [-0.2, -0.15) is 0 Å². The van der Waals surface area contributed by atoms with Crippen LogP contribution in [0.4, 0.5) is 0 Å². The Bertz CT molecular complexity index is 103. The van der Waals surface area contributed by atoms with E-state index in [1.165, 1.54) is 0 Å². The summed E-state index contributed by atoms with van der Waals surface area (Å²) in [7, 11) is 5.35. The summed E-state index contributed by atoms with van der Waals surface area (Å²) in [5, 5.41) is 0. The quantitative estimate of drug-likeness (QED) is 0.482. The summed E-state index contributed by atoms with van der Waals surface area (Å²) < 4.78 is 10.6. The van der Waals surface area contributed by atoms with Gasteiger partial charge in [0.1, 0.15) is 0 Å². The molecule has 50 valence electrons. The van der Waals surface area contributed by atoms with E-state index in [4.69, 9.17) is 17.3 Å². The van der Waals surface area contributed by atoms with Gasteiger partial charge in [-0.05, 0) is 13.8 Å². The fourth-order valence-corrected chi connectivity index (χ4v) is 0.879. The Labute approximate surface area is 56.9 Å². The summed E-state index contributed by atoms with van der Waals surface area (Å²) in [6, 6.07) is 0. The molecule has 0 aliphatic carbocycles. The normalized spacial score (nSPS) is 32.9. The monoisotopic (exact) mass is 126 g/mol. The van der Waals surface area contributed by atoms with Gasteiger partial charge in [-0.1, -0.05) is 6.32 Å². The van der Waals surface area contributed by atoms with Crippen molar-refractivity contribution in [3.63, 3.8) is 0 Å². The van der Waals surface area contributed by atoms with Crippen LogP contribution in [-0.4, -0.2) is 26.3 Å². The Morgan fingerprint density at radius 3 is 2.56 bits per heavy atom. The zero-order chi connectivity index (χ0) is 6.91. The summed E-state index contributed by atoms with van der Waals surface area (Å²) in [5.74, 6) is -0.413. The van der Waals surface area contributed by atoms with Crippen molar-refractivity contribution in [1.29, 1.82) is 0 Å². The lowest BCUT2D eigenvalue weighted by atomic mass is 10.0. The van der Waals surface area contributed by atoms with Crippen molar-refractivity contribution in [1.82, 2.24) is 0 Å². The number of hydrogen-bond donors (Lipinski definition) is 0. The summed E-state index contributed by atoms with van der Waals surface area (Å²) in [4.78, 5) is 0. The van der Waals surface area contributed by atoms with Crippen LogP contribution >= 0.6 is 0 Å². The van der Waals surface area contributed by atoms with E-state index >= 15 is 0 Å². The fraction of sp³-hybridized carbons (Fsp3) is 1.00. The third-order valence-corrected chi connectivity index (χ3v) is 1.33. The van der Waals surface area contributed by atoms with E-state index in [1.807, 2.05) is 13.8 Å². The Balaban J connectivity index is 2.38. The standard InChI is InChI=1S/C6H11BO2/c1-6(2)8-4-5(3-7)9-6/h5H,3-4H2,1-2H3/t5-/m0/s1. The number of ether oxygens (including phenoxy) is 2. The van der Waals surface area contributed by atoms with Gasteiger partial charge in [0, 0.05) is 0 Å². The van der Waals surface area contributed by atoms with Crippen LogP contribution in [0.1, 0.15) is 13.8 Å². The Morgan fingerprint density at radius 1 is 1.67 bits per heavy atom. The van der Waals surface area contributed by atoms with Crippen LogP contribution in [-0.2, 0) is 9.47 Å². The SMILES string of the molecule is [B]C[C@H]1COC(C)(C)O1. The molecule has 0 spiro atoms. The molecule has 0 aromatic rings. The molecule has 1 rings (SSSR count). The molecule has 0 aromatic heterocycles. The predicted molar refractivity (Wildman–Crippen MR) is 35.5 cm³/mol. The minimum Gasteiger partial charge on any atom is -0.348 e. The van der Waals surface area contributed by atoms with E-state index in [0.29, 0.717) is 12.9 Å². The van der Waals surface area contributed by atoms with E-state index in [-0.39, 0.29) is 6.10 Å². The maximum atomic E-state index is 5.35. The highest BCUT2D eigenvalue weighted by Gasteiger charge is 2.30. The van der Waals surface area contributed by atoms with Crippen molar-refractivity contribution in [2.24, 2.45) is 0 Å². The Hall–Kier alpha value is -0.0151. The molecule has 3 heteroatoms. The van der Waals surface area contributed by atoms with Gasteiger partial charge < -0.3 is 9.47 Å². The first-order chi connectivity index (χ1) is 4.14. The first-order valence-corrected chi connectivity index (χ1v) is 3.16. The second-order valence-electron chi connectivity index (χ2n) is 2.69. The highest BCUT2D eigenvalue weighted by molar-refractivity contribution is 6.08. The predicted octanol–water partition coefficient (Wildman–Crippen LogP) is 0.725. The first-order valence-electron chi connectivity index (χ1n) is 3.16. The van der Waals surface area contributed by atoms with Crippen LogP contribution < -0.4 is 0 Å². The second kappa shape index (κ2) is 2.31. The van der Waals surface area contributed by atoms with Gasteiger partial charge >= 0.3 is 0 Å². The molecule has 2 nitrogen and oxygen atoms in total. The van der Waals surface area contributed by atoms with Gasteiger partial charge in [-0.25, -0.2) is 0 Å². The Morgan fingerprint density at radius 2 is 2.33 bits per heavy atom. The minimum atomic E-state index is -0.413. The van der Waals surface area contributed by atoms with Crippen LogP contribution in [0.25, 0.3) is 0 Å². The maximum absolute atomic E-state index is 5.35. The molecular weight excluding hydrogens is 115 g/mol. The van der Waals surface area contributed by atoms with Crippen molar-refractivity contribution in [3.8, 4) is 0 Å². The average Bonchev–Trinajstić information content (AvgIpc) is 2.10. The molecular formula is C6H11BO2. The van der Waals surface area contributed by atoms with Gasteiger partial charge in [0.25, 0.3) is 0 Å². The third-order valence-electron chi connectivity index (χ3n) is 1.33. The van der Waals surface area contributed by atoms with Crippen LogP contribution in [0.15, 0.2) is 0 Å². The molecule has 1 atom stereocenters. The Kier molecular flexibility index (Phi) is 1.82. The minimum absolute atomic E-state index is 0.0972. The van der Waals surface area contributed by atoms with E-state index in [9.17, 15) is 0 Å². The van der Waals surface area contributed by atoms with Gasteiger partial charge in [-0.15, -0.1) is 0 Å². The van der Waals surface area contributed by atoms with Crippen LogP contribution in [0.5, 0.6) is 0 Å². The lowest BCUT2D eigenvalue weighted by Crippen LogP contribution is -2.21. The fourth-order valence-electron chi connectivity index (χ4n) is 0.879. The molecule has 0 amide bonds. The zero-order valence-electron chi connectivity index (χ0n) is 5.89. The average molecular weight is 126 g/mol. The van der Waals surface area contributed by atoms with E-state index in [1.54, 1.807) is 0 Å². The van der Waals surface area contributed by atoms with Crippen molar-refractivity contribution >= 4 is 7.85 Å². The molecule has 0 saturated carbocycles. The van der Waals surface area contributed by atoms with E-state index < -0.39 is 5.79 Å². The summed E-state index contributed by atoms with van der Waals surface area (Å²) in [5.41, 5.74) is 0. The lowest BCUT2D eigenvalue weighted by Gasteiger charge is -2.16. The molecule has 1 aliphatic heterocycles. The van der Waals surface area contributed by atoms with Gasteiger partial charge in [-0.3, -0.25) is 0 Å². The van der Waals surface area contributed by atoms with Crippen molar-refractivity contribution in [2.45, 2.75) is 32.1 Å². The molecule has 1 heterocycles. The molecule has 0 aromatic carbocycles.